The van der Waals surface area contributed by atoms with E-state index in [0.29, 0.717) is 0 Å². The van der Waals surface area contributed by atoms with E-state index in [0.717, 1.165) is 24.1 Å². The monoisotopic (exact) mass is 261 g/mol. The summed E-state index contributed by atoms with van der Waals surface area (Å²) in [5, 5.41) is 3.00. The molecule has 5 nitrogen and oxygen atoms in total. The van der Waals surface area contributed by atoms with Gasteiger partial charge in [-0.05, 0) is 38.9 Å². The van der Waals surface area contributed by atoms with Gasteiger partial charge >= 0.3 is 0 Å². The van der Waals surface area contributed by atoms with Crippen molar-refractivity contribution in [1.82, 2.24) is 19.8 Å². The predicted molar refractivity (Wildman–Crippen MR) is 76.1 cm³/mol. The first-order valence-electron chi connectivity index (χ1n) is 7.30. The van der Waals surface area contributed by atoms with E-state index in [4.69, 9.17) is 0 Å². The number of nitrogens with one attached hydrogen (secondary N) is 1. The number of fused-ring (bicyclic) bond motifs is 1. The van der Waals surface area contributed by atoms with Crippen molar-refractivity contribution in [2.45, 2.75) is 31.8 Å². The summed E-state index contributed by atoms with van der Waals surface area (Å²) in [5.41, 5.74) is 1.07. The van der Waals surface area contributed by atoms with Crippen LogP contribution in [0.5, 0.6) is 0 Å². The Morgan fingerprint density at radius 2 is 2.11 bits per heavy atom. The molecule has 0 aromatic carbocycles. The molecule has 0 saturated carbocycles. The zero-order valence-electron chi connectivity index (χ0n) is 11.7. The van der Waals surface area contributed by atoms with Gasteiger partial charge in [0.2, 0.25) is 0 Å². The minimum absolute atomic E-state index is 0.770. The third-order valence-electron chi connectivity index (χ3n) is 4.23. The lowest BCUT2D eigenvalue weighted by atomic mass is 10.2. The Hall–Kier alpha value is -1.20. The van der Waals surface area contributed by atoms with Gasteiger partial charge in [-0.3, -0.25) is 14.8 Å². The van der Waals surface area contributed by atoms with Gasteiger partial charge in [-0.25, -0.2) is 4.98 Å². The van der Waals surface area contributed by atoms with E-state index in [1.165, 1.54) is 45.4 Å². The lowest BCUT2D eigenvalue weighted by Gasteiger charge is -2.25. The Morgan fingerprint density at radius 1 is 1.21 bits per heavy atom. The average Bonchev–Trinajstić information content (AvgIpc) is 2.79. The maximum atomic E-state index is 4.48. The van der Waals surface area contributed by atoms with E-state index >= 15 is 0 Å². The summed E-state index contributed by atoms with van der Waals surface area (Å²) in [6.45, 7) is 5.87. The number of aromatic nitrogens is 2. The first kappa shape index (κ1) is 12.8. The number of hydrogen-bond donors (Lipinski definition) is 1. The van der Waals surface area contributed by atoms with Crippen molar-refractivity contribution in [3.8, 4) is 0 Å². The zero-order chi connectivity index (χ0) is 13.1. The normalized spacial score (nSPS) is 25.0. The van der Waals surface area contributed by atoms with Crippen LogP contribution in [0.2, 0.25) is 0 Å². The molecule has 0 aliphatic carbocycles. The van der Waals surface area contributed by atoms with Gasteiger partial charge in [-0.2, -0.15) is 0 Å². The Kier molecular flexibility index (Phi) is 3.94. The third-order valence-corrected chi connectivity index (χ3v) is 4.23. The fraction of sp³-hybridized carbons (Fsp3) is 0.714. The smallest absolute Gasteiger partial charge is 0.144 e. The van der Waals surface area contributed by atoms with Crippen LogP contribution in [0.4, 0.5) is 5.82 Å². The first-order valence-corrected chi connectivity index (χ1v) is 7.30. The largest absolute Gasteiger partial charge is 0.372 e. The summed E-state index contributed by atoms with van der Waals surface area (Å²) in [6, 6.07) is 0.770. The van der Waals surface area contributed by atoms with Gasteiger partial charge in [-0.1, -0.05) is 0 Å². The van der Waals surface area contributed by atoms with Crippen LogP contribution in [-0.4, -0.2) is 59.0 Å². The highest BCUT2D eigenvalue weighted by atomic mass is 15.3. The molecule has 1 atom stereocenters. The van der Waals surface area contributed by atoms with Gasteiger partial charge in [0.15, 0.2) is 0 Å². The number of nitrogens with zero attached hydrogens (tertiary/aromatic N) is 4. The second kappa shape index (κ2) is 5.84. The molecule has 1 N–H and O–H groups in total. The maximum Gasteiger partial charge on any atom is 0.144 e. The highest BCUT2D eigenvalue weighted by Gasteiger charge is 2.28. The summed E-state index contributed by atoms with van der Waals surface area (Å²) >= 11 is 0. The van der Waals surface area contributed by atoms with Gasteiger partial charge in [0, 0.05) is 26.2 Å². The van der Waals surface area contributed by atoms with E-state index in [2.05, 4.69) is 25.1 Å². The summed E-state index contributed by atoms with van der Waals surface area (Å²) in [5.74, 6) is 0.835. The Morgan fingerprint density at radius 3 is 2.89 bits per heavy atom. The van der Waals surface area contributed by atoms with Crippen LogP contribution >= 0.6 is 0 Å². The minimum atomic E-state index is 0.770. The first-order chi connectivity index (χ1) is 9.35. The van der Waals surface area contributed by atoms with Crippen LogP contribution in [0.3, 0.4) is 0 Å². The molecule has 5 heteroatoms. The fourth-order valence-electron chi connectivity index (χ4n) is 3.22. The Labute approximate surface area is 115 Å². The molecule has 0 amide bonds. The topological polar surface area (TPSA) is 44.3 Å². The third kappa shape index (κ3) is 3.04. The van der Waals surface area contributed by atoms with Crippen molar-refractivity contribution in [3.05, 3.63) is 18.1 Å². The highest BCUT2D eigenvalue weighted by Crippen LogP contribution is 2.21. The van der Waals surface area contributed by atoms with E-state index < -0.39 is 0 Å². The average molecular weight is 261 g/mol. The second-order valence-corrected chi connectivity index (χ2v) is 5.56. The van der Waals surface area contributed by atoms with Crippen molar-refractivity contribution in [3.63, 3.8) is 0 Å². The van der Waals surface area contributed by atoms with Crippen LogP contribution < -0.4 is 5.32 Å². The SMILES string of the molecule is CNc1cnc(CN2CCCN3CCCC3C2)cn1. The molecule has 2 aliphatic rings. The van der Waals surface area contributed by atoms with Crippen LogP contribution in [0.1, 0.15) is 25.0 Å². The molecule has 1 unspecified atom stereocenters. The Balaban J connectivity index is 1.61. The number of anilines is 1. The van der Waals surface area contributed by atoms with Crippen molar-refractivity contribution in [1.29, 1.82) is 0 Å². The van der Waals surface area contributed by atoms with Crippen molar-refractivity contribution >= 4 is 5.82 Å². The molecule has 0 radical (unpaired) electrons. The van der Waals surface area contributed by atoms with Crippen molar-refractivity contribution in [2.24, 2.45) is 0 Å². The second-order valence-electron chi connectivity index (χ2n) is 5.56. The van der Waals surface area contributed by atoms with Gasteiger partial charge in [0.05, 0.1) is 18.1 Å². The molecule has 2 aliphatic heterocycles. The summed E-state index contributed by atoms with van der Waals surface area (Å²) in [7, 11) is 1.87. The van der Waals surface area contributed by atoms with Gasteiger partial charge in [-0.15, -0.1) is 0 Å². The van der Waals surface area contributed by atoms with Gasteiger partial charge in [0.1, 0.15) is 5.82 Å². The molecule has 19 heavy (non-hydrogen) atoms. The van der Waals surface area contributed by atoms with E-state index in [-0.39, 0.29) is 0 Å². The zero-order valence-corrected chi connectivity index (χ0v) is 11.7. The summed E-state index contributed by atoms with van der Waals surface area (Å²) in [6.07, 6.45) is 7.72. The van der Waals surface area contributed by atoms with Gasteiger partial charge < -0.3 is 5.32 Å². The predicted octanol–water partition coefficient (Wildman–Crippen LogP) is 1.19. The number of rotatable bonds is 3. The number of hydrogen-bond acceptors (Lipinski definition) is 5. The molecular weight excluding hydrogens is 238 g/mol. The van der Waals surface area contributed by atoms with Crippen LogP contribution in [0.25, 0.3) is 0 Å². The Bertz CT molecular complexity index is 405. The molecule has 2 saturated heterocycles. The van der Waals surface area contributed by atoms with Crippen LogP contribution in [0, 0.1) is 0 Å². The quantitative estimate of drug-likeness (QED) is 0.885. The van der Waals surface area contributed by atoms with Crippen LogP contribution in [0.15, 0.2) is 12.4 Å². The van der Waals surface area contributed by atoms with E-state index in [1.807, 2.05) is 19.4 Å². The molecule has 0 bridgehead atoms. The van der Waals surface area contributed by atoms with Crippen molar-refractivity contribution in [2.75, 3.05) is 38.5 Å². The molecular formula is C14H23N5. The lowest BCUT2D eigenvalue weighted by Crippen LogP contribution is -2.36. The molecule has 1 aromatic rings. The minimum Gasteiger partial charge on any atom is -0.372 e. The van der Waals surface area contributed by atoms with Gasteiger partial charge in [0.25, 0.3) is 0 Å². The molecule has 104 valence electrons. The lowest BCUT2D eigenvalue weighted by molar-refractivity contribution is 0.214. The summed E-state index contributed by atoms with van der Waals surface area (Å²) in [4.78, 5) is 14.0. The standard InChI is InChI=1S/C14H23N5/c1-15-14-9-16-12(8-17-14)10-18-5-3-7-19-6-2-4-13(19)11-18/h8-9,13H,2-7,10-11H2,1H3,(H,15,17). The molecule has 0 spiro atoms. The highest BCUT2D eigenvalue weighted by molar-refractivity contribution is 5.29. The fourth-order valence-corrected chi connectivity index (χ4v) is 3.22. The molecule has 3 heterocycles. The van der Waals surface area contributed by atoms with Crippen molar-refractivity contribution < 1.29 is 0 Å². The molecule has 3 rings (SSSR count). The maximum absolute atomic E-state index is 4.48. The van der Waals surface area contributed by atoms with E-state index in [9.17, 15) is 0 Å². The molecule has 2 fully saturated rings. The van der Waals surface area contributed by atoms with E-state index in [1.54, 1.807) is 0 Å². The van der Waals surface area contributed by atoms with Crippen LogP contribution in [-0.2, 0) is 6.54 Å². The summed E-state index contributed by atoms with van der Waals surface area (Å²) < 4.78 is 0. The molecule has 1 aromatic heterocycles.